The molecule has 0 atom stereocenters. The van der Waals surface area contributed by atoms with Crippen molar-refractivity contribution in [1.82, 2.24) is 4.98 Å². The summed E-state index contributed by atoms with van der Waals surface area (Å²) in [6, 6.07) is 13.5. The molecule has 0 aliphatic heterocycles. The summed E-state index contributed by atoms with van der Waals surface area (Å²) >= 11 is 0. The van der Waals surface area contributed by atoms with Crippen molar-refractivity contribution < 1.29 is 18.8 Å². The number of rotatable bonds is 6. The number of oxazole rings is 1. The molecule has 0 fully saturated rings. The van der Waals surface area contributed by atoms with E-state index in [1.54, 1.807) is 49.4 Å². The van der Waals surface area contributed by atoms with Crippen molar-refractivity contribution in [3.05, 3.63) is 71.4 Å². The van der Waals surface area contributed by atoms with E-state index >= 15 is 0 Å². The van der Waals surface area contributed by atoms with Crippen LogP contribution in [0.1, 0.15) is 17.0 Å². The topological polar surface area (TPSA) is 67.9 Å². The molecule has 0 aliphatic carbocycles. The second-order valence-corrected chi connectivity index (χ2v) is 5.41. The molecule has 1 aromatic heterocycles. The number of hydrogen-bond acceptors (Lipinski definition) is 5. The van der Waals surface area contributed by atoms with Gasteiger partial charge < -0.3 is 14.4 Å². The summed E-state index contributed by atoms with van der Waals surface area (Å²) in [6.45, 7) is 2.22. The number of aryl methyl sites for hydroxylation is 1. The second-order valence-electron chi connectivity index (χ2n) is 5.41. The summed E-state index contributed by atoms with van der Waals surface area (Å²) in [6.07, 6.45) is 1.89. The van der Waals surface area contributed by atoms with Crippen LogP contribution >= 0.6 is 0 Å². The smallest absolute Gasteiger partial charge is 0.229 e. The molecule has 3 rings (SSSR count). The molecule has 0 amide bonds. The van der Waals surface area contributed by atoms with Gasteiger partial charge in [0.25, 0.3) is 0 Å². The van der Waals surface area contributed by atoms with Crippen LogP contribution in [0.2, 0.25) is 0 Å². The third-order valence-corrected chi connectivity index (χ3v) is 3.69. The highest BCUT2D eigenvalue weighted by Crippen LogP contribution is 2.24. The minimum atomic E-state index is -0.363. The van der Waals surface area contributed by atoms with Crippen molar-refractivity contribution >= 4 is 6.21 Å². The zero-order valence-electron chi connectivity index (χ0n) is 13.6. The normalized spacial score (nSPS) is 11.1. The Balaban J connectivity index is 1.63. The maximum absolute atomic E-state index is 13.8. The lowest BCUT2D eigenvalue weighted by Crippen LogP contribution is -2.02. The number of oxime groups is 1. The number of nitrogens with zero attached hydrogens (tertiary/aromatic N) is 2. The molecule has 0 saturated heterocycles. The first-order valence-electron chi connectivity index (χ1n) is 7.79. The van der Waals surface area contributed by atoms with Crippen LogP contribution in [0.15, 0.2) is 58.1 Å². The first-order chi connectivity index (χ1) is 12.2. The van der Waals surface area contributed by atoms with Gasteiger partial charge in [0.15, 0.2) is 0 Å². The van der Waals surface area contributed by atoms with Gasteiger partial charge in [0, 0.05) is 6.42 Å². The van der Waals surface area contributed by atoms with Crippen LogP contribution in [0.25, 0.3) is 11.5 Å². The zero-order valence-corrected chi connectivity index (χ0v) is 13.6. The van der Waals surface area contributed by atoms with Gasteiger partial charge in [-0.1, -0.05) is 17.3 Å². The van der Waals surface area contributed by atoms with Gasteiger partial charge in [-0.2, -0.15) is 0 Å². The van der Waals surface area contributed by atoms with Gasteiger partial charge in [-0.25, -0.2) is 9.37 Å². The molecule has 0 aliphatic rings. The van der Waals surface area contributed by atoms with Crippen molar-refractivity contribution in [2.75, 3.05) is 6.61 Å². The van der Waals surface area contributed by atoms with E-state index in [2.05, 4.69) is 10.1 Å². The van der Waals surface area contributed by atoms with E-state index in [9.17, 15) is 4.39 Å². The molecule has 0 radical (unpaired) electrons. The minimum absolute atomic E-state index is 0.276. The fourth-order valence-corrected chi connectivity index (χ4v) is 2.39. The highest BCUT2D eigenvalue weighted by Gasteiger charge is 2.14. The van der Waals surface area contributed by atoms with E-state index in [-0.39, 0.29) is 11.7 Å². The maximum Gasteiger partial charge on any atom is 0.229 e. The Morgan fingerprint density at radius 2 is 1.96 bits per heavy atom. The van der Waals surface area contributed by atoms with Gasteiger partial charge in [-0.05, 0) is 48.9 Å². The molecule has 0 saturated carbocycles. The van der Waals surface area contributed by atoms with Crippen molar-refractivity contribution in [3.8, 4) is 17.2 Å². The molecule has 0 unspecified atom stereocenters. The van der Waals surface area contributed by atoms with Gasteiger partial charge in [-0.15, -0.1) is 0 Å². The maximum atomic E-state index is 13.8. The Morgan fingerprint density at radius 3 is 2.68 bits per heavy atom. The van der Waals surface area contributed by atoms with E-state index < -0.39 is 0 Å². The van der Waals surface area contributed by atoms with Gasteiger partial charge in [-0.3, -0.25) is 0 Å². The lowest BCUT2D eigenvalue weighted by Gasteiger charge is -2.05. The first-order valence-corrected chi connectivity index (χ1v) is 7.79. The van der Waals surface area contributed by atoms with Crippen molar-refractivity contribution in [2.24, 2.45) is 5.16 Å². The Morgan fingerprint density at radius 1 is 1.20 bits per heavy atom. The summed E-state index contributed by atoms with van der Waals surface area (Å²) < 4.78 is 25.1. The summed E-state index contributed by atoms with van der Waals surface area (Å²) in [4.78, 5) is 4.38. The number of aromatic nitrogens is 1. The lowest BCUT2D eigenvalue weighted by atomic mass is 10.2. The first kappa shape index (κ1) is 16.7. The quantitative estimate of drug-likeness (QED) is 0.414. The molecular weight excluding hydrogens is 323 g/mol. The summed E-state index contributed by atoms with van der Waals surface area (Å²) in [7, 11) is 0. The number of benzene rings is 2. The molecule has 1 N–H and O–H groups in total. The van der Waals surface area contributed by atoms with Gasteiger partial charge in [0.2, 0.25) is 5.89 Å². The van der Waals surface area contributed by atoms with Crippen LogP contribution in [0.4, 0.5) is 4.39 Å². The molecule has 128 valence electrons. The van der Waals surface area contributed by atoms with Gasteiger partial charge in [0.05, 0.1) is 24.1 Å². The second kappa shape index (κ2) is 7.61. The number of hydrogen-bond donors (Lipinski definition) is 1. The van der Waals surface area contributed by atoms with Crippen LogP contribution in [0.5, 0.6) is 5.75 Å². The molecule has 5 nitrogen and oxygen atoms in total. The van der Waals surface area contributed by atoms with Crippen LogP contribution in [-0.2, 0) is 6.42 Å². The molecule has 25 heavy (non-hydrogen) atoms. The van der Waals surface area contributed by atoms with Crippen LogP contribution in [0, 0.1) is 12.7 Å². The van der Waals surface area contributed by atoms with E-state index in [1.165, 1.54) is 12.3 Å². The predicted octanol–water partition coefficient (Wildman–Crippen LogP) is 4.22. The fraction of sp³-hybridized carbons (Fsp3) is 0.158. The minimum Gasteiger partial charge on any atom is -0.493 e. The van der Waals surface area contributed by atoms with Crippen LogP contribution < -0.4 is 4.74 Å². The molecule has 2 aromatic carbocycles. The Hall–Kier alpha value is -3.15. The molecule has 3 aromatic rings. The van der Waals surface area contributed by atoms with E-state index in [1.807, 2.05) is 0 Å². The Kier molecular flexibility index (Phi) is 5.09. The average Bonchev–Trinajstić information content (AvgIpc) is 2.98. The van der Waals surface area contributed by atoms with Crippen LogP contribution in [0.3, 0.4) is 0 Å². The Labute approximate surface area is 144 Å². The Bertz CT molecular complexity index is 873. The highest BCUT2D eigenvalue weighted by molar-refractivity contribution is 5.79. The van der Waals surface area contributed by atoms with Crippen LogP contribution in [-0.4, -0.2) is 23.0 Å². The monoisotopic (exact) mass is 340 g/mol. The third-order valence-electron chi connectivity index (χ3n) is 3.69. The third kappa shape index (κ3) is 4.03. The average molecular weight is 340 g/mol. The molecular formula is C19H17FN2O3. The summed E-state index contributed by atoms with van der Waals surface area (Å²) in [5, 5.41) is 11.5. The van der Waals surface area contributed by atoms with E-state index in [4.69, 9.17) is 14.4 Å². The standard InChI is InChI=1S/C19H17FN2O3/c1-13-18(22-19(25-13)16-4-2-3-5-17(16)20)10-11-24-15-8-6-14(7-9-15)12-21-23/h2-9,12,23H,10-11H2,1H3/b21-12+. The summed E-state index contributed by atoms with van der Waals surface area (Å²) in [5.41, 5.74) is 1.86. The largest absolute Gasteiger partial charge is 0.493 e. The zero-order chi connectivity index (χ0) is 17.6. The van der Waals surface area contributed by atoms with E-state index in [0.717, 1.165) is 11.3 Å². The van der Waals surface area contributed by atoms with Crippen molar-refractivity contribution in [2.45, 2.75) is 13.3 Å². The molecule has 6 heteroatoms. The van der Waals surface area contributed by atoms with Crippen molar-refractivity contribution in [1.29, 1.82) is 0 Å². The van der Waals surface area contributed by atoms with Gasteiger partial charge in [0.1, 0.15) is 17.3 Å². The lowest BCUT2D eigenvalue weighted by molar-refractivity contribution is 0.319. The number of halogens is 1. The SMILES string of the molecule is Cc1oc(-c2ccccc2F)nc1CCOc1ccc(/C=N/O)cc1. The van der Waals surface area contributed by atoms with E-state index in [0.29, 0.717) is 30.1 Å². The molecule has 0 spiro atoms. The molecule has 0 bridgehead atoms. The number of ether oxygens (including phenoxy) is 1. The summed E-state index contributed by atoms with van der Waals surface area (Å²) in [5.74, 6) is 1.26. The predicted molar refractivity (Wildman–Crippen MR) is 91.7 cm³/mol. The molecule has 1 heterocycles. The highest BCUT2D eigenvalue weighted by atomic mass is 19.1. The van der Waals surface area contributed by atoms with Crippen molar-refractivity contribution in [3.63, 3.8) is 0 Å². The fourth-order valence-electron chi connectivity index (χ4n) is 2.39. The van der Waals surface area contributed by atoms with Gasteiger partial charge >= 0.3 is 0 Å².